The first kappa shape index (κ1) is 24.4. The van der Waals surface area contributed by atoms with Crippen LogP contribution >= 0.6 is 0 Å². The third kappa shape index (κ3) is 5.00. The first-order valence-corrected chi connectivity index (χ1v) is 12.4. The van der Waals surface area contributed by atoms with Crippen molar-refractivity contribution in [2.45, 2.75) is 38.3 Å². The number of amides is 3. The Hall–Kier alpha value is -4.33. The molecule has 2 aliphatic rings. The SMILES string of the molecule is Cc1ccc(CN(NC(=O)OCC2c3ccccc3-c3ccccc32)C(=O)N2CCC[C@H]2C(=O)O)cc1. The molecule has 0 spiro atoms. The zero-order valence-electron chi connectivity index (χ0n) is 20.6. The Balaban J connectivity index is 1.32. The van der Waals surface area contributed by atoms with Crippen molar-refractivity contribution in [3.63, 3.8) is 0 Å². The van der Waals surface area contributed by atoms with E-state index >= 15 is 0 Å². The lowest BCUT2D eigenvalue weighted by Gasteiger charge is -2.30. The number of carboxylic acid groups (broad SMARTS) is 1. The van der Waals surface area contributed by atoms with Crippen LogP contribution in [0.5, 0.6) is 0 Å². The van der Waals surface area contributed by atoms with Gasteiger partial charge in [0, 0.05) is 12.5 Å². The van der Waals surface area contributed by atoms with Gasteiger partial charge < -0.3 is 14.7 Å². The molecule has 1 atom stereocenters. The number of nitrogens with zero attached hydrogens (tertiary/aromatic N) is 2. The van der Waals surface area contributed by atoms with E-state index in [4.69, 9.17) is 4.74 Å². The average Bonchev–Trinajstić information content (AvgIpc) is 3.52. The predicted molar refractivity (Wildman–Crippen MR) is 138 cm³/mol. The maximum Gasteiger partial charge on any atom is 0.426 e. The summed E-state index contributed by atoms with van der Waals surface area (Å²) in [4.78, 5) is 39.3. The van der Waals surface area contributed by atoms with Gasteiger partial charge in [0.1, 0.15) is 12.6 Å². The topological polar surface area (TPSA) is 99.2 Å². The zero-order chi connectivity index (χ0) is 25.9. The Morgan fingerprint density at radius 3 is 2.22 bits per heavy atom. The largest absolute Gasteiger partial charge is 0.480 e. The van der Waals surface area contributed by atoms with Gasteiger partial charge in [-0.25, -0.2) is 24.8 Å². The summed E-state index contributed by atoms with van der Waals surface area (Å²) in [5, 5.41) is 10.7. The number of likely N-dealkylation sites (tertiary alicyclic amines) is 1. The molecule has 1 fully saturated rings. The quantitative estimate of drug-likeness (QED) is 0.486. The number of urea groups is 1. The number of ether oxygens (including phenoxy) is 1. The third-order valence-corrected chi connectivity index (χ3v) is 7.05. The first-order valence-electron chi connectivity index (χ1n) is 12.4. The van der Waals surface area contributed by atoms with E-state index in [1.54, 1.807) is 0 Å². The van der Waals surface area contributed by atoms with Crippen LogP contribution in [-0.4, -0.2) is 52.3 Å². The van der Waals surface area contributed by atoms with Gasteiger partial charge in [-0.3, -0.25) is 0 Å². The summed E-state index contributed by atoms with van der Waals surface area (Å²) in [6.07, 6.45) is 0.199. The average molecular weight is 500 g/mol. The Morgan fingerprint density at radius 1 is 0.973 bits per heavy atom. The van der Waals surface area contributed by atoms with Gasteiger partial charge in [0.15, 0.2) is 0 Å². The Kier molecular flexibility index (Phi) is 6.81. The number of carbonyl (C=O) groups excluding carboxylic acids is 2. The summed E-state index contributed by atoms with van der Waals surface area (Å²) < 4.78 is 5.64. The van der Waals surface area contributed by atoms with E-state index < -0.39 is 24.1 Å². The molecule has 0 unspecified atom stereocenters. The van der Waals surface area contributed by atoms with Crippen molar-refractivity contribution < 1.29 is 24.2 Å². The molecule has 37 heavy (non-hydrogen) atoms. The van der Waals surface area contributed by atoms with Gasteiger partial charge in [0.05, 0.1) is 6.54 Å². The van der Waals surface area contributed by atoms with Crippen LogP contribution < -0.4 is 5.43 Å². The van der Waals surface area contributed by atoms with E-state index in [1.165, 1.54) is 4.90 Å². The van der Waals surface area contributed by atoms with E-state index in [9.17, 15) is 19.5 Å². The lowest BCUT2D eigenvalue weighted by molar-refractivity contribution is -0.141. The standard InChI is InChI=1S/C29H29N3O5/c1-19-12-14-20(15-13-19)17-32(29(36)31-16-6-11-26(31)27(33)34)30-28(35)37-18-25-23-9-4-2-7-21(23)22-8-3-5-10-24(22)25/h2-5,7-10,12-15,25-26H,6,11,16-18H2,1H3,(H,30,35)(H,33,34)/t26-/m0/s1. The lowest BCUT2D eigenvalue weighted by Crippen LogP contribution is -2.54. The molecule has 0 aromatic heterocycles. The number of hydrazine groups is 1. The monoisotopic (exact) mass is 499 g/mol. The van der Waals surface area contributed by atoms with Crippen molar-refractivity contribution in [2.75, 3.05) is 13.2 Å². The fraction of sp³-hybridized carbons (Fsp3) is 0.276. The number of aryl methyl sites for hydroxylation is 1. The van der Waals surface area contributed by atoms with Gasteiger partial charge in [-0.05, 0) is 47.6 Å². The minimum absolute atomic E-state index is 0.0755. The summed E-state index contributed by atoms with van der Waals surface area (Å²) >= 11 is 0. The maximum atomic E-state index is 13.4. The molecule has 1 aliphatic carbocycles. The molecule has 0 saturated carbocycles. The maximum absolute atomic E-state index is 13.4. The second kappa shape index (κ2) is 10.3. The zero-order valence-corrected chi connectivity index (χ0v) is 20.6. The molecule has 0 bridgehead atoms. The normalized spacial score (nSPS) is 16.1. The summed E-state index contributed by atoms with van der Waals surface area (Å²) in [7, 11) is 0. The van der Waals surface area contributed by atoms with Crippen LogP contribution in [0.2, 0.25) is 0 Å². The van der Waals surface area contributed by atoms with E-state index in [1.807, 2.05) is 67.6 Å². The Labute approximate surface area is 215 Å². The number of fused-ring (bicyclic) bond motifs is 3. The highest BCUT2D eigenvalue weighted by Gasteiger charge is 2.37. The number of hydrogen-bond donors (Lipinski definition) is 2. The number of rotatable bonds is 5. The molecule has 0 radical (unpaired) electrons. The van der Waals surface area contributed by atoms with E-state index in [0.717, 1.165) is 38.4 Å². The molecule has 1 aliphatic heterocycles. The van der Waals surface area contributed by atoms with Crippen molar-refractivity contribution in [2.24, 2.45) is 0 Å². The second-order valence-electron chi connectivity index (χ2n) is 9.48. The van der Waals surface area contributed by atoms with Gasteiger partial charge in [0.2, 0.25) is 0 Å². The minimum Gasteiger partial charge on any atom is -0.480 e. The lowest BCUT2D eigenvalue weighted by atomic mass is 9.98. The molecular formula is C29H29N3O5. The van der Waals surface area contributed by atoms with Gasteiger partial charge in [0.25, 0.3) is 0 Å². The van der Waals surface area contributed by atoms with E-state index in [2.05, 4.69) is 17.6 Å². The van der Waals surface area contributed by atoms with Crippen molar-refractivity contribution in [1.29, 1.82) is 0 Å². The molecule has 8 nitrogen and oxygen atoms in total. The molecule has 3 aromatic rings. The van der Waals surface area contributed by atoms with Crippen molar-refractivity contribution in [3.05, 3.63) is 95.1 Å². The van der Waals surface area contributed by atoms with Crippen molar-refractivity contribution >= 4 is 18.1 Å². The summed E-state index contributed by atoms with van der Waals surface area (Å²) in [5.74, 6) is -1.17. The molecule has 5 rings (SSSR count). The molecule has 1 heterocycles. The molecular weight excluding hydrogens is 470 g/mol. The van der Waals surface area contributed by atoms with Crippen molar-refractivity contribution in [3.8, 4) is 11.1 Å². The van der Waals surface area contributed by atoms with Crippen LogP contribution in [0.15, 0.2) is 72.8 Å². The number of hydrogen-bond acceptors (Lipinski definition) is 4. The smallest absolute Gasteiger partial charge is 0.426 e. The molecule has 190 valence electrons. The fourth-order valence-electron chi connectivity index (χ4n) is 5.18. The number of carboxylic acids is 1. The number of benzene rings is 3. The number of nitrogens with one attached hydrogen (secondary N) is 1. The Bertz CT molecular complexity index is 1280. The fourth-order valence-corrected chi connectivity index (χ4v) is 5.18. The Morgan fingerprint density at radius 2 is 1.59 bits per heavy atom. The molecule has 2 N–H and O–H groups in total. The molecule has 3 aromatic carbocycles. The molecule has 3 amide bonds. The van der Waals surface area contributed by atoms with Crippen LogP contribution in [0.1, 0.15) is 41.0 Å². The highest BCUT2D eigenvalue weighted by atomic mass is 16.6. The molecule has 1 saturated heterocycles. The number of aliphatic carboxylic acids is 1. The highest BCUT2D eigenvalue weighted by molar-refractivity contribution is 5.84. The van der Waals surface area contributed by atoms with E-state index in [0.29, 0.717) is 19.4 Å². The molecule has 8 heteroatoms. The van der Waals surface area contributed by atoms with Gasteiger partial charge in [-0.2, -0.15) is 0 Å². The summed E-state index contributed by atoms with van der Waals surface area (Å²) in [6.45, 7) is 2.45. The van der Waals surface area contributed by atoms with Crippen molar-refractivity contribution in [1.82, 2.24) is 15.3 Å². The van der Waals surface area contributed by atoms with Crippen LogP contribution in [0.25, 0.3) is 11.1 Å². The number of carbonyl (C=O) groups is 3. The van der Waals surface area contributed by atoms with E-state index in [-0.39, 0.29) is 19.1 Å². The van der Waals surface area contributed by atoms with Gasteiger partial charge >= 0.3 is 18.1 Å². The highest BCUT2D eigenvalue weighted by Crippen LogP contribution is 2.44. The predicted octanol–water partition coefficient (Wildman–Crippen LogP) is 4.92. The van der Waals surface area contributed by atoms with Crippen LogP contribution in [0.3, 0.4) is 0 Å². The van der Waals surface area contributed by atoms with Crippen LogP contribution in [0, 0.1) is 6.92 Å². The van der Waals surface area contributed by atoms with Gasteiger partial charge in [-0.15, -0.1) is 0 Å². The van der Waals surface area contributed by atoms with Gasteiger partial charge in [-0.1, -0.05) is 78.4 Å². The summed E-state index contributed by atoms with van der Waals surface area (Å²) in [6, 6.07) is 22.2. The minimum atomic E-state index is -1.05. The van der Waals surface area contributed by atoms with Crippen LogP contribution in [-0.2, 0) is 16.1 Å². The first-order chi connectivity index (χ1) is 17.9. The van der Waals surface area contributed by atoms with Crippen LogP contribution in [0.4, 0.5) is 9.59 Å². The summed E-state index contributed by atoms with van der Waals surface area (Å²) in [5.41, 5.74) is 8.86. The second-order valence-corrected chi connectivity index (χ2v) is 9.48. The third-order valence-electron chi connectivity index (χ3n) is 7.05.